The maximum Gasteiger partial charge on any atom is 0.220 e. The van der Waals surface area contributed by atoms with E-state index in [1.807, 2.05) is 0 Å². The summed E-state index contributed by atoms with van der Waals surface area (Å²) in [5.74, 6) is 4.54. The fourth-order valence-corrected chi connectivity index (χ4v) is 9.03. The Morgan fingerprint density at radius 2 is 1.77 bits per heavy atom. The van der Waals surface area contributed by atoms with Gasteiger partial charge in [0.1, 0.15) is 0 Å². The van der Waals surface area contributed by atoms with Crippen molar-refractivity contribution in [3.63, 3.8) is 0 Å². The Morgan fingerprint density at radius 1 is 1.03 bits per heavy atom. The molecule has 0 spiro atoms. The van der Waals surface area contributed by atoms with Crippen molar-refractivity contribution in [1.29, 1.82) is 0 Å². The van der Waals surface area contributed by atoms with Gasteiger partial charge in [0.25, 0.3) is 0 Å². The van der Waals surface area contributed by atoms with Gasteiger partial charge in [0.2, 0.25) is 5.91 Å². The molecule has 3 heteroatoms. The Hall–Kier alpha value is -0.600. The van der Waals surface area contributed by atoms with Crippen LogP contribution in [0.3, 0.4) is 0 Å². The first-order valence-corrected chi connectivity index (χ1v) is 13.1. The second kappa shape index (κ2) is 8.39. The Morgan fingerprint density at radius 3 is 2.47 bits per heavy atom. The number of carbonyl (C=O) groups excluding carboxylic acids is 1. The van der Waals surface area contributed by atoms with Crippen molar-refractivity contribution in [2.75, 3.05) is 6.67 Å². The number of rotatable bonds is 6. The zero-order chi connectivity index (χ0) is 21.7. The van der Waals surface area contributed by atoms with E-state index in [2.05, 4.69) is 39.9 Å². The molecule has 3 saturated carbocycles. The molecule has 4 aliphatic rings. The van der Waals surface area contributed by atoms with E-state index in [1.165, 1.54) is 44.9 Å². The minimum absolute atomic E-state index is 0.145. The lowest BCUT2D eigenvalue weighted by Gasteiger charge is -2.62. The molecular weight excluding hydrogens is 373 g/mol. The SMILES string of the molecule is CC(C)CCCC(C)C1CCC2C3C(CCC12C)C1(C)CCC(=O)NC1C[C@@H]3CF. The van der Waals surface area contributed by atoms with Crippen molar-refractivity contribution in [2.24, 2.45) is 52.3 Å². The van der Waals surface area contributed by atoms with Gasteiger partial charge in [-0.05, 0) is 90.8 Å². The van der Waals surface area contributed by atoms with Gasteiger partial charge >= 0.3 is 0 Å². The molecule has 9 atom stereocenters. The molecule has 172 valence electrons. The van der Waals surface area contributed by atoms with Crippen molar-refractivity contribution in [3.8, 4) is 0 Å². The number of piperidine rings is 1. The van der Waals surface area contributed by atoms with Crippen LogP contribution in [0.5, 0.6) is 0 Å². The van der Waals surface area contributed by atoms with E-state index in [4.69, 9.17) is 0 Å². The predicted molar refractivity (Wildman–Crippen MR) is 122 cm³/mol. The topological polar surface area (TPSA) is 29.1 Å². The first-order chi connectivity index (χ1) is 14.2. The first-order valence-electron chi connectivity index (χ1n) is 13.1. The van der Waals surface area contributed by atoms with Crippen molar-refractivity contribution < 1.29 is 9.18 Å². The second-order valence-electron chi connectivity index (χ2n) is 12.6. The number of hydrogen-bond donors (Lipinski definition) is 1. The largest absolute Gasteiger partial charge is 0.353 e. The summed E-state index contributed by atoms with van der Waals surface area (Å²) in [7, 11) is 0. The number of alkyl halides is 1. The van der Waals surface area contributed by atoms with Gasteiger partial charge in [-0.3, -0.25) is 9.18 Å². The summed E-state index contributed by atoms with van der Waals surface area (Å²) in [6, 6.07) is 0.192. The summed E-state index contributed by atoms with van der Waals surface area (Å²) in [5, 5.41) is 3.28. The lowest BCUT2D eigenvalue weighted by Crippen LogP contribution is -2.63. The minimum atomic E-state index is -0.204. The average molecular weight is 420 g/mol. The molecule has 0 aromatic rings. The molecule has 1 aliphatic heterocycles. The summed E-state index contributed by atoms with van der Waals surface area (Å²) in [5.41, 5.74) is 0.569. The maximum absolute atomic E-state index is 14.4. The van der Waals surface area contributed by atoms with E-state index in [0.29, 0.717) is 29.6 Å². The normalized spacial score (nSPS) is 46.7. The molecule has 2 nitrogen and oxygen atoms in total. The van der Waals surface area contributed by atoms with Gasteiger partial charge in [0.05, 0.1) is 6.67 Å². The minimum Gasteiger partial charge on any atom is -0.353 e. The lowest BCUT2D eigenvalue weighted by atomic mass is 9.44. The third-order valence-corrected chi connectivity index (χ3v) is 10.7. The molecule has 4 fully saturated rings. The van der Waals surface area contributed by atoms with E-state index in [-0.39, 0.29) is 30.0 Å². The smallest absolute Gasteiger partial charge is 0.220 e. The Labute approximate surface area is 184 Å². The number of carbonyl (C=O) groups is 1. The molecule has 1 N–H and O–H groups in total. The van der Waals surface area contributed by atoms with Crippen LogP contribution in [0.15, 0.2) is 0 Å². The molecule has 1 saturated heterocycles. The molecule has 3 aliphatic carbocycles. The molecule has 0 radical (unpaired) electrons. The molecule has 0 aromatic carbocycles. The van der Waals surface area contributed by atoms with Gasteiger partial charge in [-0.25, -0.2) is 0 Å². The van der Waals surface area contributed by atoms with Crippen LogP contribution >= 0.6 is 0 Å². The summed E-state index contributed by atoms with van der Waals surface area (Å²) in [4.78, 5) is 12.1. The maximum atomic E-state index is 14.4. The van der Waals surface area contributed by atoms with E-state index >= 15 is 0 Å². The van der Waals surface area contributed by atoms with Crippen LogP contribution in [0.25, 0.3) is 0 Å². The lowest BCUT2D eigenvalue weighted by molar-refractivity contribution is -0.147. The van der Waals surface area contributed by atoms with Gasteiger partial charge in [-0.2, -0.15) is 0 Å². The number of fused-ring (bicyclic) bond motifs is 5. The molecule has 1 amide bonds. The number of halogens is 1. The fourth-order valence-electron chi connectivity index (χ4n) is 9.03. The molecule has 0 aromatic heterocycles. The highest BCUT2D eigenvalue weighted by Crippen LogP contribution is 2.67. The summed E-state index contributed by atoms with van der Waals surface area (Å²) >= 11 is 0. The van der Waals surface area contributed by atoms with Crippen LogP contribution in [-0.4, -0.2) is 18.6 Å². The molecule has 4 rings (SSSR count). The van der Waals surface area contributed by atoms with Crippen LogP contribution in [0.1, 0.15) is 98.8 Å². The molecule has 8 unspecified atom stereocenters. The number of nitrogens with one attached hydrogen (secondary N) is 1. The third-order valence-electron chi connectivity index (χ3n) is 10.7. The van der Waals surface area contributed by atoms with Gasteiger partial charge in [0, 0.05) is 12.5 Å². The molecule has 1 heterocycles. The second-order valence-corrected chi connectivity index (χ2v) is 12.6. The van der Waals surface area contributed by atoms with Gasteiger partial charge < -0.3 is 5.32 Å². The van der Waals surface area contributed by atoms with Crippen LogP contribution in [0.2, 0.25) is 0 Å². The highest BCUT2D eigenvalue weighted by atomic mass is 19.1. The van der Waals surface area contributed by atoms with Crippen molar-refractivity contribution in [1.82, 2.24) is 5.32 Å². The van der Waals surface area contributed by atoms with Crippen molar-refractivity contribution >= 4 is 5.91 Å². The average Bonchev–Trinajstić information content (AvgIpc) is 3.05. The van der Waals surface area contributed by atoms with E-state index in [9.17, 15) is 9.18 Å². The van der Waals surface area contributed by atoms with Crippen LogP contribution in [0.4, 0.5) is 4.39 Å². The zero-order valence-corrected chi connectivity index (χ0v) is 20.2. The van der Waals surface area contributed by atoms with E-state index in [1.54, 1.807) is 0 Å². The van der Waals surface area contributed by atoms with Gasteiger partial charge in [-0.1, -0.05) is 53.9 Å². The van der Waals surface area contributed by atoms with Gasteiger partial charge in [-0.15, -0.1) is 0 Å². The monoisotopic (exact) mass is 419 g/mol. The fraction of sp³-hybridized carbons (Fsp3) is 0.963. The highest BCUT2D eigenvalue weighted by Gasteiger charge is 2.63. The standard InChI is InChI=1S/C27H46FNO/c1-17(2)7-6-8-18(3)20-9-10-21-25-19(16-28)15-23-27(5,14-12-24(30)29-23)22(25)11-13-26(20,21)4/h17-23,25H,6-16H2,1-5H3,(H,29,30)/t18?,19-,20?,21?,22?,23?,25?,26?,27?/m1/s1. The molecular formula is C27H46FNO. The van der Waals surface area contributed by atoms with E-state index < -0.39 is 0 Å². The predicted octanol–water partition coefficient (Wildman–Crippen LogP) is 6.78. The van der Waals surface area contributed by atoms with Crippen LogP contribution in [-0.2, 0) is 4.79 Å². The quantitative estimate of drug-likeness (QED) is 0.505. The van der Waals surface area contributed by atoms with Crippen molar-refractivity contribution in [2.45, 2.75) is 105 Å². The Bertz CT molecular complexity index is 634. The van der Waals surface area contributed by atoms with Gasteiger partial charge in [0.15, 0.2) is 0 Å². The van der Waals surface area contributed by atoms with E-state index in [0.717, 1.165) is 30.6 Å². The molecule has 30 heavy (non-hydrogen) atoms. The first kappa shape index (κ1) is 22.6. The number of hydrogen-bond acceptors (Lipinski definition) is 1. The summed E-state index contributed by atoms with van der Waals surface area (Å²) in [6.45, 7) is 12.0. The van der Waals surface area contributed by atoms with Crippen LogP contribution < -0.4 is 5.32 Å². The van der Waals surface area contributed by atoms with Crippen molar-refractivity contribution in [3.05, 3.63) is 0 Å². The number of amides is 1. The zero-order valence-electron chi connectivity index (χ0n) is 20.2. The third kappa shape index (κ3) is 3.64. The van der Waals surface area contributed by atoms with Crippen LogP contribution in [0, 0.1) is 52.3 Å². The Kier molecular flexibility index (Phi) is 6.32. The highest BCUT2D eigenvalue weighted by molar-refractivity contribution is 5.77. The molecule has 0 bridgehead atoms. The summed E-state index contributed by atoms with van der Waals surface area (Å²) < 4.78 is 14.4. The summed E-state index contributed by atoms with van der Waals surface area (Å²) in [6.07, 6.45) is 11.8. The Balaban J connectivity index is 1.54.